The molecule has 1 fully saturated rings. The summed E-state index contributed by atoms with van der Waals surface area (Å²) in [7, 11) is 2.11. The molecule has 1 aromatic rings. The van der Waals surface area contributed by atoms with E-state index in [-0.39, 0.29) is 5.69 Å². The number of non-ortho nitro benzene ring substituents is 1. The van der Waals surface area contributed by atoms with Crippen molar-refractivity contribution in [1.29, 1.82) is 0 Å². The van der Waals surface area contributed by atoms with Crippen molar-refractivity contribution in [3.05, 3.63) is 28.3 Å². The highest BCUT2D eigenvalue weighted by Gasteiger charge is 2.17. The molecule has 18 heavy (non-hydrogen) atoms. The molecular formula is C12H18N4O2. The fourth-order valence-electron chi connectivity index (χ4n) is 2.17. The first-order chi connectivity index (χ1) is 8.56. The molecule has 6 heteroatoms. The predicted octanol–water partition coefficient (Wildman–Crippen LogP) is 1.68. The lowest BCUT2D eigenvalue weighted by atomic mass is 10.0. The van der Waals surface area contributed by atoms with Gasteiger partial charge in [-0.15, -0.1) is 0 Å². The van der Waals surface area contributed by atoms with E-state index in [0.717, 1.165) is 31.6 Å². The van der Waals surface area contributed by atoms with Crippen LogP contribution in [0, 0.1) is 10.1 Å². The second-order valence-corrected chi connectivity index (χ2v) is 4.75. The average Bonchev–Trinajstić information content (AvgIpc) is 2.34. The maximum Gasteiger partial charge on any atom is 0.271 e. The molecular weight excluding hydrogens is 232 g/mol. The monoisotopic (exact) mass is 250 g/mol. The van der Waals surface area contributed by atoms with Crippen molar-refractivity contribution in [2.24, 2.45) is 0 Å². The van der Waals surface area contributed by atoms with E-state index in [1.54, 1.807) is 6.07 Å². The topological polar surface area (TPSA) is 84.4 Å². The van der Waals surface area contributed by atoms with Gasteiger partial charge in [0.25, 0.3) is 5.69 Å². The summed E-state index contributed by atoms with van der Waals surface area (Å²) in [5.74, 6) is 0. The average molecular weight is 250 g/mol. The Labute approximate surface area is 106 Å². The van der Waals surface area contributed by atoms with E-state index >= 15 is 0 Å². The van der Waals surface area contributed by atoms with Gasteiger partial charge in [0.1, 0.15) is 0 Å². The summed E-state index contributed by atoms with van der Waals surface area (Å²) >= 11 is 0. The second kappa shape index (κ2) is 5.22. The Kier molecular flexibility index (Phi) is 3.66. The van der Waals surface area contributed by atoms with Gasteiger partial charge in [-0.25, -0.2) is 0 Å². The molecule has 0 atom stereocenters. The molecule has 98 valence electrons. The van der Waals surface area contributed by atoms with Gasteiger partial charge in [-0.3, -0.25) is 10.1 Å². The molecule has 1 aliphatic heterocycles. The Balaban J connectivity index is 2.03. The number of nitrogens with zero attached hydrogens (tertiary/aromatic N) is 2. The van der Waals surface area contributed by atoms with E-state index < -0.39 is 4.92 Å². The Morgan fingerprint density at radius 3 is 2.67 bits per heavy atom. The lowest BCUT2D eigenvalue weighted by molar-refractivity contribution is -0.384. The van der Waals surface area contributed by atoms with Crippen LogP contribution in [0.5, 0.6) is 0 Å². The van der Waals surface area contributed by atoms with Crippen LogP contribution in [0.3, 0.4) is 0 Å². The number of piperidine rings is 1. The smallest absolute Gasteiger partial charge is 0.271 e. The van der Waals surface area contributed by atoms with Crippen molar-refractivity contribution in [3.63, 3.8) is 0 Å². The summed E-state index contributed by atoms with van der Waals surface area (Å²) in [4.78, 5) is 12.5. The number of rotatable bonds is 3. The Morgan fingerprint density at radius 2 is 2.11 bits per heavy atom. The highest BCUT2D eigenvalue weighted by Crippen LogP contribution is 2.26. The summed E-state index contributed by atoms with van der Waals surface area (Å²) in [5.41, 5.74) is 7.08. The Hall–Kier alpha value is -1.82. The number of nitrogens with two attached hydrogens (primary N) is 1. The first-order valence-corrected chi connectivity index (χ1v) is 6.05. The highest BCUT2D eigenvalue weighted by molar-refractivity contribution is 5.69. The van der Waals surface area contributed by atoms with Crippen LogP contribution in [0.1, 0.15) is 12.8 Å². The number of nitro benzene ring substituents is 1. The van der Waals surface area contributed by atoms with E-state index in [1.807, 2.05) is 0 Å². The Bertz CT molecular complexity index is 442. The van der Waals surface area contributed by atoms with Crippen LogP contribution >= 0.6 is 0 Å². The lowest BCUT2D eigenvalue weighted by Gasteiger charge is -2.30. The normalized spacial score (nSPS) is 17.6. The minimum absolute atomic E-state index is 0.0291. The lowest BCUT2D eigenvalue weighted by Crippen LogP contribution is -2.36. The molecule has 0 amide bonds. The number of hydrogen-bond acceptors (Lipinski definition) is 5. The molecule has 1 saturated heterocycles. The summed E-state index contributed by atoms with van der Waals surface area (Å²) < 4.78 is 0. The molecule has 0 aliphatic carbocycles. The first-order valence-electron chi connectivity index (χ1n) is 6.05. The zero-order valence-corrected chi connectivity index (χ0v) is 10.4. The summed E-state index contributed by atoms with van der Waals surface area (Å²) in [6.45, 7) is 2.12. The molecule has 0 saturated carbocycles. The van der Waals surface area contributed by atoms with Gasteiger partial charge in [0, 0.05) is 18.2 Å². The number of anilines is 2. The SMILES string of the molecule is CN1CCC(Nc2ccc([N+](=O)[O-])cc2N)CC1. The van der Waals surface area contributed by atoms with Gasteiger partial charge >= 0.3 is 0 Å². The van der Waals surface area contributed by atoms with E-state index in [9.17, 15) is 10.1 Å². The minimum Gasteiger partial charge on any atom is -0.397 e. The van der Waals surface area contributed by atoms with Crippen LogP contribution < -0.4 is 11.1 Å². The third kappa shape index (κ3) is 2.89. The number of likely N-dealkylation sites (tertiary alicyclic amines) is 1. The van der Waals surface area contributed by atoms with Gasteiger partial charge in [-0.2, -0.15) is 0 Å². The quantitative estimate of drug-likeness (QED) is 0.484. The van der Waals surface area contributed by atoms with Gasteiger partial charge in [0.2, 0.25) is 0 Å². The van der Waals surface area contributed by atoms with Gasteiger partial charge in [-0.05, 0) is 39.0 Å². The molecule has 1 aromatic carbocycles. The van der Waals surface area contributed by atoms with Crippen molar-refractivity contribution < 1.29 is 4.92 Å². The summed E-state index contributed by atoms with van der Waals surface area (Å²) in [5, 5.41) is 14.0. The molecule has 1 heterocycles. The Morgan fingerprint density at radius 1 is 1.44 bits per heavy atom. The van der Waals surface area contributed by atoms with Gasteiger partial charge in [0.05, 0.1) is 16.3 Å². The first kappa shape index (κ1) is 12.6. The molecule has 0 aromatic heterocycles. The molecule has 0 radical (unpaired) electrons. The number of nitro groups is 1. The molecule has 3 N–H and O–H groups in total. The molecule has 2 rings (SSSR count). The summed E-state index contributed by atoms with van der Waals surface area (Å²) in [6, 6.07) is 4.96. The number of nitrogen functional groups attached to an aromatic ring is 1. The molecule has 0 unspecified atom stereocenters. The number of hydrogen-bond donors (Lipinski definition) is 2. The van der Waals surface area contributed by atoms with Crippen LogP contribution in [-0.4, -0.2) is 36.0 Å². The van der Waals surface area contributed by atoms with E-state index in [4.69, 9.17) is 5.73 Å². The largest absolute Gasteiger partial charge is 0.397 e. The summed E-state index contributed by atoms with van der Waals surface area (Å²) in [6.07, 6.45) is 2.12. The van der Waals surface area contributed by atoms with Crippen LogP contribution in [0.2, 0.25) is 0 Å². The maximum atomic E-state index is 10.6. The van der Waals surface area contributed by atoms with Crippen molar-refractivity contribution in [2.45, 2.75) is 18.9 Å². The third-order valence-electron chi connectivity index (χ3n) is 3.32. The van der Waals surface area contributed by atoms with E-state index in [0.29, 0.717) is 11.7 Å². The fourth-order valence-corrected chi connectivity index (χ4v) is 2.17. The van der Waals surface area contributed by atoms with E-state index in [1.165, 1.54) is 12.1 Å². The van der Waals surface area contributed by atoms with Crippen LogP contribution in [0.25, 0.3) is 0 Å². The third-order valence-corrected chi connectivity index (χ3v) is 3.32. The van der Waals surface area contributed by atoms with Gasteiger partial charge < -0.3 is 16.0 Å². The zero-order chi connectivity index (χ0) is 13.1. The maximum absolute atomic E-state index is 10.6. The van der Waals surface area contributed by atoms with Gasteiger partial charge in [0.15, 0.2) is 0 Å². The van der Waals surface area contributed by atoms with Crippen LogP contribution in [0.4, 0.5) is 17.1 Å². The van der Waals surface area contributed by atoms with Gasteiger partial charge in [-0.1, -0.05) is 0 Å². The van der Waals surface area contributed by atoms with Crippen molar-refractivity contribution in [3.8, 4) is 0 Å². The highest BCUT2D eigenvalue weighted by atomic mass is 16.6. The molecule has 0 bridgehead atoms. The fraction of sp³-hybridized carbons (Fsp3) is 0.500. The molecule has 0 spiro atoms. The minimum atomic E-state index is -0.435. The standard InChI is InChI=1S/C12H18N4O2/c1-15-6-4-9(5-7-15)14-12-3-2-10(16(17)18)8-11(12)13/h2-3,8-9,14H,4-7,13H2,1H3. The molecule has 6 nitrogen and oxygen atoms in total. The van der Waals surface area contributed by atoms with Crippen molar-refractivity contribution >= 4 is 17.1 Å². The van der Waals surface area contributed by atoms with Crippen molar-refractivity contribution in [1.82, 2.24) is 4.90 Å². The van der Waals surface area contributed by atoms with Crippen LogP contribution in [-0.2, 0) is 0 Å². The van der Waals surface area contributed by atoms with Crippen LogP contribution in [0.15, 0.2) is 18.2 Å². The number of benzene rings is 1. The number of nitrogens with one attached hydrogen (secondary N) is 1. The second-order valence-electron chi connectivity index (χ2n) is 4.75. The zero-order valence-electron chi connectivity index (χ0n) is 10.4. The predicted molar refractivity (Wildman–Crippen MR) is 71.7 cm³/mol. The van der Waals surface area contributed by atoms with E-state index in [2.05, 4.69) is 17.3 Å². The van der Waals surface area contributed by atoms with Crippen molar-refractivity contribution in [2.75, 3.05) is 31.2 Å². The molecule has 1 aliphatic rings.